The van der Waals surface area contributed by atoms with Crippen LogP contribution in [0.15, 0.2) is 33.9 Å². The van der Waals surface area contributed by atoms with Crippen molar-refractivity contribution in [1.29, 1.82) is 0 Å². The minimum atomic E-state index is -3.81. The van der Waals surface area contributed by atoms with E-state index in [1.807, 2.05) is 0 Å². The van der Waals surface area contributed by atoms with Crippen molar-refractivity contribution < 1.29 is 13.2 Å². The summed E-state index contributed by atoms with van der Waals surface area (Å²) in [4.78, 5) is 0. The Balaban J connectivity index is 2.25. The summed E-state index contributed by atoms with van der Waals surface area (Å²) in [6, 6.07) is 6.59. The minimum absolute atomic E-state index is 0.0595. The standard InChI is InChI=1S/C11H14BrN5O3S/c1-17-11(10(12)14-16-17)21(18,19)15-8-3-2-4-9(7-8)20-6-5-13/h2-4,7,15H,5-6,13H2,1H3. The first-order chi connectivity index (χ1) is 9.94. The second kappa shape index (κ2) is 6.41. The maximum Gasteiger partial charge on any atom is 0.281 e. The van der Waals surface area contributed by atoms with Crippen molar-refractivity contribution in [2.45, 2.75) is 5.03 Å². The number of nitrogens with one attached hydrogen (secondary N) is 1. The van der Waals surface area contributed by atoms with Gasteiger partial charge in [0.15, 0.2) is 4.60 Å². The zero-order chi connectivity index (χ0) is 15.5. The molecule has 3 N–H and O–H groups in total. The SMILES string of the molecule is Cn1nnc(Br)c1S(=O)(=O)Nc1cccc(OCCN)c1. The molecule has 114 valence electrons. The van der Waals surface area contributed by atoms with Gasteiger partial charge in [0.2, 0.25) is 5.03 Å². The van der Waals surface area contributed by atoms with Crippen LogP contribution in [0.2, 0.25) is 0 Å². The molecule has 21 heavy (non-hydrogen) atoms. The fraction of sp³-hybridized carbons (Fsp3) is 0.273. The van der Waals surface area contributed by atoms with Gasteiger partial charge < -0.3 is 10.5 Å². The number of nitrogens with zero attached hydrogens (tertiary/aromatic N) is 3. The molecule has 0 bridgehead atoms. The number of aromatic nitrogens is 3. The Morgan fingerprint density at radius 3 is 2.86 bits per heavy atom. The maximum atomic E-state index is 12.3. The van der Waals surface area contributed by atoms with Crippen molar-refractivity contribution >= 4 is 31.6 Å². The smallest absolute Gasteiger partial charge is 0.281 e. The molecule has 0 fully saturated rings. The molecule has 1 aromatic heterocycles. The summed E-state index contributed by atoms with van der Waals surface area (Å²) in [7, 11) is -2.31. The summed E-state index contributed by atoms with van der Waals surface area (Å²) in [6.07, 6.45) is 0. The maximum absolute atomic E-state index is 12.3. The van der Waals surface area contributed by atoms with Gasteiger partial charge in [-0.1, -0.05) is 11.3 Å². The van der Waals surface area contributed by atoms with Gasteiger partial charge in [-0.15, -0.1) is 5.10 Å². The van der Waals surface area contributed by atoms with E-state index < -0.39 is 10.0 Å². The molecule has 0 atom stereocenters. The summed E-state index contributed by atoms with van der Waals surface area (Å²) in [5.74, 6) is 0.530. The van der Waals surface area contributed by atoms with Gasteiger partial charge in [0.25, 0.3) is 10.0 Å². The van der Waals surface area contributed by atoms with Gasteiger partial charge in [-0.25, -0.2) is 4.68 Å². The third kappa shape index (κ3) is 3.71. The summed E-state index contributed by atoms with van der Waals surface area (Å²) in [6.45, 7) is 0.733. The van der Waals surface area contributed by atoms with Crippen LogP contribution in [-0.4, -0.2) is 36.6 Å². The van der Waals surface area contributed by atoms with Crippen LogP contribution in [0.5, 0.6) is 5.75 Å². The van der Waals surface area contributed by atoms with Gasteiger partial charge >= 0.3 is 0 Å². The largest absolute Gasteiger partial charge is 0.492 e. The molecular formula is C11H14BrN5O3S. The molecule has 0 aliphatic rings. The van der Waals surface area contributed by atoms with E-state index in [-0.39, 0.29) is 9.63 Å². The average molecular weight is 376 g/mol. The first-order valence-electron chi connectivity index (χ1n) is 5.95. The molecule has 0 spiro atoms. The second-order valence-electron chi connectivity index (χ2n) is 4.08. The highest BCUT2D eigenvalue weighted by molar-refractivity contribution is 9.10. The fourth-order valence-corrected chi connectivity index (χ4v) is 3.79. The zero-order valence-corrected chi connectivity index (χ0v) is 13.6. The number of hydrogen-bond acceptors (Lipinski definition) is 6. The van der Waals surface area contributed by atoms with Crippen LogP contribution in [-0.2, 0) is 17.1 Å². The molecule has 2 rings (SSSR count). The number of aryl methyl sites for hydroxylation is 1. The number of sulfonamides is 1. The Morgan fingerprint density at radius 1 is 1.48 bits per heavy atom. The number of ether oxygens (including phenoxy) is 1. The lowest BCUT2D eigenvalue weighted by Gasteiger charge is -2.10. The van der Waals surface area contributed by atoms with Gasteiger partial charge in [0.05, 0.1) is 5.69 Å². The molecule has 8 nitrogen and oxygen atoms in total. The highest BCUT2D eigenvalue weighted by atomic mass is 79.9. The Kier molecular flexibility index (Phi) is 4.80. The van der Waals surface area contributed by atoms with E-state index in [1.54, 1.807) is 24.3 Å². The van der Waals surface area contributed by atoms with Gasteiger partial charge in [-0.3, -0.25) is 4.72 Å². The molecule has 0 aliphatic heterocycles. The van der Waals surface area contributed by atoms with Crippen LogP contribution in [0.25, 0.3) is 0 Å². The van der Waals surface area contributed by atoms with Crippen molar-refractivity contribution in [3.8, 4) is 5.75 Å². The predicted octanol–water partition coefficient (Wildman–Crippen LogP) is 0.716. The Hall–Kier alpha value is -1.65. The van der Waals surface area contributed by atoms with E-state index in [0.29, 0.717) is 24.6 Å². The van der Waals surface area contributed by atoms with Gasteiger partial charge in [-0.05, 0) is 28.1 Å². The second-order valence-corrected chi connectivity index (χ2v) is 6.43. The monoisotopic (exact) mass is 375 g/mol. The molecule has 1 aromatic carbocycles. The van der Waals surface area contributed by atoms with E-state index in [2.05, 4.69) is 31.0 Å². The van der Waals surface area contributed by atoms with Crippen molar-refractivity contribution in [1.82, 2.24) is 15.0 Å². The highest BCUT2D eigenvalue weighted by Crippen LogP contribution is 2.23. The average Bonchev–Trinajstić information content (AvgIpc) is 2.76. The van der Waals surface area contributed by atoms with Crippen LogP contribution >= 0.6 is 15.9 Å². The van der Waals surface area contributed by atoms with Crippen LogP contribution in [0.4, 0.5) is 5.69 Å². The number of benzene rings is 1. The zero-order valence-electron chi connectivity index (χ0n) is 11.2. The van der Waals surface area contributed by atoms with E-state index in [1.165, 1.54) is 11.7 Å². The highest BCUT2D eigenvalue weighted by Gasteiger charge is 2.24. The van der Waals surface area contributed by atoms with Crippen LogP contribution in [0, 0.1) is 0 Å². The van der Waals surface area contributed by atoms with Gasteiger partial charge in [0, 0.05) is 19.7 Å². The van der Waals surface area contributed by atoms with E-state index in [9.17, 15) is 8.42 Å². The number of hydrogen-bond donors (Lipinski definition) is 2. The number of rotatable bonds is 6. The molecule has 1 heterocycles. The third-order valence-electron chi connectivity index (χ3n) is 2.46. The Labute approximate surface area is 130 Å². The van der Waals surface area contributed by atoms with E-state index in [4.69, 9.17) is 10.5 Å². The lowest BCUT2D eigenvalue weighted by Crippen LogP contribution is -2.17. The van der Waals surface area contributed by atoms with Gasteiger partial charge in [0.1, 0.15) is 12.4 Å². The van der Waals surface area contributed by atoms with Crippen LogP contribution < -0.4 is 15.2 Å². The first kappa shape index (κ1) is 15.7. The fourth-order valence-electron chi connectivity index (χ4n) is 1.64. The van der Waals surface area contributed by atoms with Crippen molar-refractivity contribution in [3.05, 3.63) is 28.9 Å². The molecule has 0 saturated carbocycles. The van der Waals surface area contributed by atoms with Crippen LogP contribution in [0.3, 0.4) is 0 Å². The lowest BCUT2D eigenvalue weighted by molar-refractivity contribution is 0.328. The summed E-state index contributed by atoms with van der Waals surface area (Å²) in [5, 5.41) is 7.24. The van der Waals surface area contributed by atoms with Crippen molar-refractivity contribution in [3.63, 3.8) is 0 Å². The van der Waals surface area contributed by atoms with Crippen molar-refractivity contribution in [2.24, 2.45) is 12.8 Å². The molecular weight excluding hydrogens is 362 g/mol. The van der Waals surface area contributed by atoms with E-state index in [0.717, 1.165) is 0 Å². The number of anilines is 1. The molecule has 0 amide bonds. The van der Waals surface area contributed by atoms with Gasteiger partial charge in [-0.2, -0.15) is 8.42 Å². The number of halogens is 1. The lowest BCUT2D eigenvalue weighted by atomic mass is 10.3. The first-order valence-corrected chi connectivity index (χ1v) is 8.22. The van der Waals surface area contributed by atoms with Crippen molar-refractivity contribution in [2.75, 3.05) is 17.9 Å². The molecule has 0 saturated heterocycles. The third-order valence-corrected chi connectivity index (χ3v) is 4.73. The molecule has 2 aromatic rings. The van der Waals surface area contributed by atoms with Crippen LogP contribution in [0.1, 0.15) is 0 Å². The molecule has 0 radical (unpaired) electrons. The summed E-state index contributed by atoms with van der Waals surface area (Å²) in [5.41, 5.74) is 5.73. The predicted molar refractivity (Wildman–Crippen MR) is 80.5 cm³/mol. The summed E-state index contributed by atoms with van der Waals surface area (Å²) >= 11 is 3.06. The molecule has 0 aliphatic carbocycles. The Morgan fingerprint density at radius 2 is 2.24 bits per heavy atom. The summed E-state index contributed by atoms with van der Waals surface area (Å²) < 4.78 is 33.8. The molecule has 0 unspecified atom stereocenters. The minimum Gasteiger partial charge on any atom is -0.492 e. The topological polar surface area (TPSA) is 112 Å². The quantitative estimate of drug-likeness (QED) is 0.768. The number of nitrogens with two attached hydrogens (primary N) is 1. The van der Waals surface area contributed by atoms with E-state index >= 15 is 0 Å². The molecule has 10 heteroatoms. The Bertz CT molecular complexity index is 712. The normalized spacial score (nSPS) is 11.4.